The van der Waals surface area contributed by atoms with E-state index in [0.29, 0.717) is 6.04 Å². The Labute approximate surface area is 118 Å². The van der Waals surface area contributed by atoms with Gasteiger partial charge in [-0.15, -0.1) is 11.3 Å². The molecule has 2 aromatic rings. The molecule has 0 aliphatic carbocycles. The van der Waals surface area contributed by atoms with Crippen molar-refractivity contribution in [2.45, 2.75) is 26.4 Å². The van der Waals surface area contributed by atoms with Gasteiger partial charge in [0.15, 0.2) is 0 Å². The Morgan fingerprint density at radius 2 is 2.11 bits per heavy atom. The fraction of sp³-hybridized carbons (Fsp3) is 0.467. The van der Waals surface area contributed by atoms with Crippen molar-refractivity contribution in [2.24, 2.45) is 0 Å². The smallest absolute Gasteiger partial charge is 0.124 e. The molecule has 1 aromatic carbocycles. The molecule has 0 radical (unpaired) electrons. The van der Waals surface area contributed by atoms with Crippen LogP contribution in [0.4, 0.5) is 4.39 Å². The van der Waals surface area contributed by atoms with Crippen LogP contribution in [-0.2, 0) is 6.54 Å². The van der Waals surface area contributed by atoms with Crippen molar-refractivity contribution in [3.05, 3.63) is 35.0 Å². The molecule has 2 nitrogen and oxygen atoms in total. The Morgan fingerprint density at radius 3 is 2.84 bits per heavy atom. The highest BCUT2D eigenvalue weighted by molar-refractivity contribution is 7.19. The van der Waals surface area contributed by atoms with Crippen molar-refractivity contribution in [2.75, 3.05) is 20.1 Å². The number of thiophene rings is 1. The van der Waals surface area contributed by atoms with Gasteiger partial charge in [-0.25, -0.2) is 4.39 Å². The molecule has 19 heavy (non-hydrogen) atoms. The molecule has 2 rings (SSSR count). The minimum absolute atomic E-state index is 0.157. The summed E-state index contributed by atoms with van der Waals surface area (Å²) in [6.45, 7) is 7.23. The highest BCUT2D eigenvalue weighted by atomic mass is 32.1. The van der Waals surface area contributed by atoms with Crippen molar-refractivity contribution in [1.29, 1.82) is 0 Å². The van der Waals surface area contributed by atoms with E-state index in [1.165, 1.54) is 10.9 Å². The van der Waals surface area contributed by atoms with Crippen LogP contribution in [0.15, 0.2) is 24.3 Å². The molecule has 0 aliphatic rings. The molecule has 0 bridgehead atoms. The summed E-state index contributed by atoms with van der Waals surface area (Å²) in [5, 5.41) is 4.54. The van der Waals surface area contributed by atoms with Crippen molar-refractivity contribution >= 4 is 21.4 Å². The van der Waals surface area contributed by atoms with Gasteiger partial charge in [0.1, 0.15) is 5.82 Å². The summed E-state index contributed by atoms with van der Waals surface area (Å²) in [6, 6.07) is 7.68. The summed E-state index contributed by atoms with van der Waals surface area (Å²) in [5.41, 5.74) is 0. The van der Waals surface area contributed by atoms with Crippen molar-refractivity contribution < 1.29 is 4.39 Å². The molecule has 1 heterocycles. The van der Waals surface area contributed by atoms with E-state index in [2.05, 4.69) is 37.2 Å². The van der Waals surface area contributed by atoms with E-state index in [4.69, 9.17) is 0 Å². The Bertz CT molecular complexity index is 536. The molecule has 104 valence electrons. The molecule has 1 aromatic heterocycles. The second-order valence-corrected chi connectivity index (χ2v) is 6.41. The Hall–Kier alpha value is -0.970. The van der Waals surface area contributed by atoms with Gasteiger partial charge in [0, 0.05) is 35.3 Å². The lowest BCUT2D eigenvalue weighted by Crippen LogP contribution is -2.32. The lowest BCUT2D eigenvalue weighted by atomic mass is 10.2. The molecular weight excluding hydrogens is 259 g/mol. The van der Waals surface area contributed by atoms with Gasteiger partial charge >= 0.3 is 0 Å². The van der Waals surface area contributed by atoms with Crippen LogP contribution < -0.4 is 5.32 Å². The quantitative estimate of drug-likeness (QED) is 0.871. The fourth-order valence-electron chi connectivity index (χ4n) is 2.03. The van der Waals surface area contributed by atoms with Crippen LogP contribution in [0.3, 0.4) is 0 Å². The third kappa shape index (κ3) is 4.27. The molecular formula is C15H21FN2S. The zero-order valence-corrected chi connectivity index (χ0v) is 12.6. The molecule has 0 aliphatic heterocycles. The van der Waals surface area contributed by atoms with Crippen molar-refractivity contribution in [3.8, 4) is 0 Å². The number of rotatable bonds is 6. The topological polar surface area (TPSA) is 15.3 Å². The predicted molar refractivity (Wildman–Crippen MR) is 81.3 cm³/mol. The number of nitrogens with zero attached hydrogens (tertiary/aromatic N) is 1. The summed E-state index contributed by atoms with van der Waals surface area (Å²) in [5.74, 6) is -0.157. The van der Waals surface area contributed by atoms with Gasteiger partial charge in [-0.2, -0.15) is 0 Å². The van der Waals surface area contributed by atoms with Gasteiger partial charge in [0.05, 0.1) is 0 Å². The molecule has 0 saturated heterocycles. The van der Waals surface area contributed by atoms with E-state index in [1.54, 1.807) is 17.4 Å². The Balaban J connectivity index is 1.93. The van der Waals surface area contributed by atoms with Crippen LogP contribution in [0, 0.1) is 5.82 Å². The van der Waals surface area contributed by atoms with Crippen LogP contribution in [0.1, 0.15) is 18.7 Å². The van der Waals surface area contributed by atoms with E-state index < -0.39 is 0 Å². The maximum absolute atomic E-state index is 13.1. The Kier molecular flexibility index (Phi) is 4.91. The molecule has 0 saturated carbocycles. The first-order valence-electron chi connectivity index (χ1n) is 6.64. The van der Waals surface area contributed by atoms with Gasteiger partial charge in [-0.05, 0) is 30.6 Å². The van der Waals surface area contributed by atoms with E-state index in [-0.39, 0.29) is 5.82 Å². The first-order valence-corrected chi connectivity index (χ1v) is 7.46. The number of nitrogens with one attached hydrogen (secondary N) is 1. The van der Waals surface area contributed by atoms with Crippen LogP contribution in [0.2, 0.25) is 0 Å². The number of benzene rings is 1. The highest BCUT2D eigenvalue weighted by Gasteiger charge is 2.06. The maximum atomic E-state index is 13.1. The lowest BCUT2D eigenvalue weighted by Gasteiger charge is -2.17. The summed E-state index contributed by atoms with van der Waals surface area (Å²) in [7, 11) is 2.12. The molecule has 0 spiro atoms. The normalized spacial score (nSPS) is 11.9. The van der Waals surface area contributed by atoms with Gasteiger partial charge < -0.3 is 10.2 Å². The van der Waals surface area contributed by atoms with Gasteiger partial charge in [0.25, 0.3) is 0 Å². The van der Waals surface area contributed by atoms with Crippen LogP contribution >= 0.6 is 11.3 Å². The largest absolute Gasteiger partial charge is 0.313 e. The van der Waals surface area contributed by atoms with E-state index in [1.807, 2.05) is 6.07 Å². The monoisotopic (exact) mass is 280 g/mol. The van der Waals surface area contributed by atoms with Gasteiger partial charge in [-0.1, -0.05) is 19.9 Å². The molecule has 0 unspecified atom stereocenters. The summed E-state index contributed by atoms with van der Waals surface area (Å²) >= 11 is 1.68. The first kappa shape index (κ1) is 14.4. The average molecular weight is 280 g/mol. The zero-order chi connectivity index (χ0) is 13.8. The third-order valence-electron chi connectivity index (χ3n) is 3.01. The fourth-order valence-corrected chi connectivity index (χ4v) is 3.20. The number of halogens is 1. The van der Waals surface area contributed by atoms with Crippen LogP contribution in [0.25, 0.3) is 10.1 Å². The average Bonchev–Trinajstić information content (AvgIpc) is 2.69. The minimum Gasteiger partial charge on any atom is -0.313 e. The van der Waals surface area contributed by atoms with Gasteiger partial charge in [0.2, 0.25) is 0 Å². The number of hydrogen-bond donors (Lipinski definition) is 1. The number of likely N-dealkylation sites (N-methyl/N-ethyl adjacent to an activating group) is 1. The molecule has 4 heteroatoms. The van der Waals surface area contributed by atoms with Crippen LogP contribution in [-0.4, -0.2) is 31.1 Å². The third-order valence-corrected chi connectivity index (χ3v) is 4.09. The molecule has 0 atom stereocenters. The standard InChI is InChI=1S/C15H21FN2S/c1-11(2)17-6-7-18(3)10-14-8-12-4-5-13(16)9-15(12)19-14/h4-5,8-9,11,17H,6-7,10H2,1-3H3. The minimum atomic E-state index is -0.157. The molecule has 1 N–H and O–H groups in total. The lowest BCUT2D eigenvalue weighted by molar-refractivity contribution is 0.323. The first-order chi connectivity index (χ1) is 9.04. The van der Waals surface area contributed by atoms with Gasteiger partial charge in [-0.3, -0.25) is 0 Å². The zero-order valence-electron chi connectivity index (χ0n) is 11.7. The predicted octanol–water partition coefficient (Wildman–Crippen LogP) is 3.47. The maximum Gasteiger partial charge on any atom is 0.124 e. The highest BCUT2D eigenvalue weighted by Crippen LogP contribution is 2.26. The second kappa shape index (κ2) is 6.46. The van der Waals surface area contributed by atoms with Crippen LogP contribution in [0.5, 0.6) is 0 Å². The van der Waals surface area contributed by atoms with E-state index in [9.17, 15) is 4.39 Å². The molecule has 0 amide bonds. The van der Waals surface area contributed by atoms with E-state index >= 15 is 0 Å². The summed E-state index contributed by atoms with van der Waals surface area (Å²) < 4.78 is 14.2. The number of hydrogen-bond acceptors (Lipinski definition) is 3. The Morgan fingerprint density at radius 1 is 1.32 bits per heavy atom. The second-order valence-electron chi connectivity index (χ2n) is 5.24. The molecule has 0 fully saturated rings. The summed E-state index contributed by atoms with van der Waals surface area (Å²) in [6.07, 6.45) is 0. The van der Waals surface area contributed by atoms with Crippen molar-refractivity contribution in [1.82, 2.24) is 10.2 Å². The SMILES string of the molecule is CC(C)NCCN(C)Cc1cc2ccc(F)cc2s1. The number of fused-ring (bicyclic) bond motifs is 1. The van der Waals surface area contributed by atoms with Crippen molar-refractivity contribution in [3.63, 3.8) is 0 Å². The van der Waals surface area contributed by atoms with E-state index in [0.717, 1.165) is 29.7 Å². The summed E-state index contributed by atoms with van der Waals surface area (Å²) in [4.78, 5) is 3.57.